The van der Waals surface area contributed by atoms with Crippen molar-refractivity contribution in [3.05, 3.63) is 11.6 Å². The largest absolute Gasteiger partial charge is 0.469 e. The second kappa shape index (κ2) is 4.45. The number of ether oxygens (including phenoxy) is 1. The van der Waals surface area contributed by atoms with Gasteiger partial charge in [0.05, 0.1) is 13.0 Å². The van der Waals surface area contributed by atoms with Crippen molar-refractivity contribution in [2.24, 2.45) is 11.8 Å². The van der Waals surface area contributed by atoms with Crippen molar-refractivity contribution in [3.8, 4) is 0 Å². The summed E-state index contributed by atoms with van der Waals surface area (Å²) in [5, 5.41) is 0. The highest BCUT2D eigenvalue weighted by molar-refractivity contribution is 5.72. The number of methoxy groups -OCH3 is 1. The van der Waals surface area contributed by atoms with Crippen LogP contribution < -0.4 is 0 Å². The standard InChI is InChI=1S/C11H18O2/c1-8-4-6-10(7-5-8)9(2)11(12)13-3/h4,9-10H,5-7H2,1-3H3/t9-,10-/m0/s1. The molecule has 0 aromatic carbocycles. The van der Waals surface area contributed by atoms with Crippen LogP contribution in [0.5, 0.6) is 0 Å². The molecule has 1 aliphatic carbocycles. The van der Waals surface area contributed by atoms with E-state index in [0.717, 1.165) is 19.3 Å². The van der Waals surface area contributed by atoms with Crippen LogP contribution in [0.4, 0.5) is 0 Å². The maximum atomic E-state index is 11.2. The maximum absolute atomic E-state index is 11.2. The highest BCUT2D eigenvalue weighted by Crippen LogP contribution is 2.29. The van der Waals surface area contributed by atoms with E-state index in [1.54, 1.807) is 0 Å². The minimum Gasteiger partial charge on any atom is -0.469 e. The van der Waals surface area contributed by atoms with Crippen LogP contribution >= 0.6 is 0 Å². The molecule has 1 rings (SSSR count). The molecule has 0 saturated heterocycles. The van der Waals surface area contributed by atoms with Crippen molar-refractivity contribution in [1.29, 1.82) is 0 Å². The van der Waals surface area contributed by atoms with Crippen LogP contribution in [-0.2, 0) is 9.53 Å². The first-order chi connectivity index (χ1) is 6.15. The maximum Gasteiger partial charge on any atom is 0.308 e. The van der Waals surface area contributed by atoms with Gasteiger partial charge in [0.25, 0.3) is 0 Å². The van der Waals surface area contributed by atoms with Gasteiger partial charge in [0.2, 0.25) is 0 Å². The average Bonchev–Trinajstić information content (AvgIpc) is 2.17. The Morgan fingerprint density at radius 3 is 2.85 bits per heavy atom. The molecule has 0 unspecified atom stereocenters. The van der Waals surface area contributed by atoms with Crippen LogP contribution in [0.25, 0.3) is 0 Å². The molecule has 2 heteroatoms. The van der Waals surface area contributed by atoms with Gasteiger partial charge in [-0.05, 0) is 32.1 Å². The Hall–Kier alpha value is -0.790. The zero-order valence-electron chi connectivity index (χ0n) is 8.67. The van der Waals surface area contributed by atoms with Crippen LogP contribution in [0.2, 0.25) is 0 Å². The molecule has 2 nitrogen and oxygen atoms in total. The molecule has 0 aromatic rings. The van der Waals surface area contributed by atoms with Gasteiger partial charge in [-0.15, -0.1) is 0 Å². The highest BCUT2D eigenvalue weighted by atomic mass is 16.5. The van der Waals surface area contributed by atoms with Crippen molar-refractivity contribution in [1.82, 2.24) is 0 Å². The molecule has 0 saturated carbocycles. The monoisotopic (exact) mass is 182 g/mol. The Bertz CT molecular complexity index is 218. The third kappa shape index (κ3) is 2.58. The number of carbonyl (C=O) groups is 1. The Kier molecular flexibility index (Phi) is 3.52. The summed E-state index contributed by atoms with van der Waals surface area (Å²) in [6.45, 7) is 4.12. The van der Waals surface area contributed by atoms with Crippen LogP contribution in [0.1, 0.15) is 33.1 Å². The Labute approximate surface area is 80.0 Å². The lowest BCUT2D eigenvalue weighted by molar-refractivity contribution is -0.146. The normalized spacial score (nSPS) is 24.8. The van der Waals surface area contributed by atoms with Gasteiger partial charge in [0.15, 0.2) is 0 Å². The summed E-state index contributed by atoms with van der Waals surface area (Å²) >= 11 is 0. The van der Waals surface area contributed by atoms with Crippen molar-refractivity contribution < 1.29 is 9.53 Å². The second-order valence-corrected chi connectivity index (χ2v) is 3.90. The number of rotatable bonds is 2. The highest BCUT2D eigenvalue weighted by Gasteiger charge is 2.25. The number of hydrogen-bond donors (Lipinski definition) is 0. The third-order valence-corrected chi connectivity index (χ3v) is 2.96. The van der Waals surface area contributed by atoms with Gasteiger partial charge in [0.1, 0.15) is 0 Å². The predicted octanol–water partition coefficient (Wildman–Crippen LogP) is 2.54. The summed E-state index contributed by atoms with van der Waals surface area (Å²) in [6.07, 6.45) is 5.53. The molecule has 1 aliphatic rings. The number of allylic oxidation sites excluding steroid dienone is 2. The van der Waals surface area contributed by atoms with Gasteiger partial charge < -0.3 is 4.74 Å². The number of hydrogen-bond acceptors (Lipinski definition) is 2. The van der Waals surface area contributed by atoms with Gasteiger partial charge in [-0.3, -0.25) is 4.79 Å². The molecule has 2 atom stereocenters. The lowest BCUT2D eigenvalue weighted by Crippen LogP contribution is -2.23. The summed E-state index contributed by atoms with van der Waals surface area (Å²) in [6, 6.07) is 0. The van der Waals surface area contributed by atoms with Crippen LogP contribution in [0, 0.1) is 11.8 Å². The number of carbonyl (C=O) groups excluding carboxylic acids is 1. The fourth-order valence-electron chi connectivity index (χ4n) is 1.82. The summed E-state index contributed by atoms with van der Waals surface area (Å²) in [4.78, 5) is 11.2. The molecule has 0 amide bonds. The van der Waals surface area contributed by atoms with Gasteiger partial charge in [-0.25, -0.2) is 0 Å². The topological polar surface area (TPSA) is 26.3 Å². The molecule has 0 fully saturated rings. The molecule has 13 heavy (non-hydrogen) atoms. The van der Waals surface area contributed by atoms with Crippen molar-refractivity contribution in [2.75, 3.05) is 7.11 Å². The van der Waals surface area contributed by atoms with Crippen LogP contribution in [-0.4, -0.2) is 13.1 Å². The molecular weight excluding hydrogens is 164 g/mol. The van der Waals surface area contributed by atoms with E-state index in [1.807, 2.05) is 6.92 Å². The molecule has 0 spiro atoms. The molecule has 0 N–H and O–H groups in total. The Morgan fingerprint density at radius 1 is 1.69 bits per heavy atom. The van der Waals surface area contributed by atoms with Crippen molar-refractivity contribution in [2.45, 2.75) is 33.1 Å². The molecule has 0 aliphatic heterocycles. The minimum atomic E-state index is -0.0713. The lowest BCUT2D eigenvalue weighted by atomic mass is 9.82. The van der Waals surface area contributed by atoms with Crippen LogP contribution in [0.3, 0.4) is 0 Å². The van der Waals surface area contributed by atoms with E-state index in [-0.39, 0.29) is 11.9 Å². The van der Waals surface area contributed by atoms with Gasteiger partial charge in [-0.1, -0.05) is 18.6 Å². The Morgan fingerprint density at radius 2 is 2.38 bits per heavy atom. The summed E-state index contributed by atoms with van der Waals surface area (Å²) < 4.78 is 4.73. The van der Waals surface area contributed by atoms with Crippen LogP contribution in [0.15, 0.2) is 11.6 Å². The van der Waals surface area contributed by atoms with Crippen molar-refractivity contribution >= 4 is 5.97 Å². The first-order valence-corrected chi connectivity index (χ1v) is 4.88. The van der Waals surface area contributed by atoms with E-state index >= 15 is 0 Å². The second-order valence-electron chi connectivity index (χ2n) is 3.90. The number of esters is 1. The zero-order chi connectivity index (χ0) is 9.84. The fraction of sp³-hybridized carbons (Fsp3) is 0.727. The fourth-order valence-corrected chi connectivity index (χ4v) is 1.82. The molecule has 0 bridgehead atoms. The van der Waals surface area contributed by atoms with Gasteiger partial charge in [-0.2, -0.15) is 0 Å². The smallest absolute Gasteiger partial charge is 0.308 e. The average molecular weight is 182 g/mol. The van der Waals surface area contributed by atoms with Gasteiger partial charge in [0, 0.05) is 0 Å². The van der Waals surface area contributed by atoms with E-state index in [9.17, 15) is 4.79 Å². The summed E-state index contributed by atoms with van der Waals surface area (Å²) in [5.74, 6) is 0.462. The molecule has 0 aromatic heterocycles. The van der Waals surface area contributed by atoms with Crippen molar-refractivity contribution in [3.63, 3.8) is 0 Å². The molecule has 74 valence electrons. The first kappa shape index (κ1) is 10.3. The molecule has 0 heterocycles. The first-order valence-electron chi connectivity index (χ1n) is 4.88. The molecular formula is C11H18O2. The molecule has 0 radical (unpaired) electrons. The van der Waals surface area contributed by atoms with E-state index in [1.165, 1.54) is 12.7 Å². The SMILES string of the molecule is COC(=O)[C@@H](C)[C@H]1CC=C(C)CC1. The summed E-state index contributed by atoms with van der Waals surface area (Å²) in [7, 11) is 1.46. The lowest BCUT2D eigenvalue weighted by Gasteiger charge is -2.24. The van der Waals surface area contributed by atoms with E-state index < -0.39 is 0 Å². The quantitative estimate of drug-likeness (QED) is 0.484. The minimum absolute atomic E-state index is 0.0503. The zero-order valence-corrected chi connectivity index (χ0v) is 8.67. The summed E-state index contributed by atoms with van der Waals surface area (Å²) in [5.41, 5.74) is 1.45. The predicted molar refractivity (Wildman–Crippen MR) is 52.3 cm³/mol. The van der Waals surface area contributed by atoms with E-state index in [4.69, 9.17) is 4.74 Å². The van der Waals surface area contributed by atoms with Gasteiger partial charge >= 0.3 is 5.97 Å². The Balaban J connectivity index is 2.50. The third-order valence-electron chi connectivity index (χ3n) is 2.96. The van der Waals surface area contributed by atoms with E-state index in [2.05, 4.69) is 13.0 Å². The van der Waals surface area contributed by atoms with E-state index in [0.29, 0.717) is 5.92 Å².